The van der Waals surface area contributed by atoms with Crippen molar-refractivity contribution in [1.29, 1.82) is 0 Å². The number of benzene rings is 1. The molecular weight excluding hydrogens is 405 g/mol. The van der Waals surface area contributed by atoms with Crippen LogP contribution < -0.4 is 4.74 Å². The Hall–Kier alpha value is -1.66. The minimum atomic E-state index is -0.622. The Morgan fingerprint density at radius 3 is 2.46 bits per heavy atom. The van der Waals surface area contributed by atoms with Gasteiger partial charge in [-0.2, -0.15) is 0 Å². The molecule has 1 amide bonds. The monoisotopic (exact) mass is 431 g/mol. The second-order valence-corrected chi connectivity index (χ2v) is 8.59. The molecule has 6 nitrogen and oxygen atoms in total. The smallest absolute Gasteiger partial charge is 0.410 e. The van der Waals surface area contributed by atoms with Gasteiger partial charge in [0.2, 0.25) is 0 Å². The molecule has 0 aromatic heterocycles. The molecule has 0 unspecified atom stereocenters. The average molecular weight is 432 g/mol. The highest BCUT2D eigenvalue weighted by atomic mass is 35.5. The van der Waals surface area contributed by atoms with Gasteiger partial charge in [-0.05, 0) is 51.7 Å². The van der Waals surface area contributed by atoms with Crippen LogP contribution in [0.25, 0.3) is 0 Å². The van der Waals surface area contributed by atoms with Crippen LogP contribution in [0.2, 0.25) is 10.0 Å². The van der Waals surface area contributed by atoms with Gasteiger partial charge in [0, 0.05) is 18.2 Å². The van der Waals surface area contributed by atoms with E-state index < -0.39 is 11.7 Å². The van der Waals surface area contributed by atoms with Gasteiger partial charge in [0.05, 0.1) is 30.7 Å². The standard InChI is InChI=1S/C20H27Cl2NO5/c1-20(2,3)28-19(25)23-9-8-12(10-13(23)11-16(24)27-5)17-15(26-4)7-6-14(21)18(17)22/h6-7,12-13H,8-11H2,1-5H3/t12-,13+/m0/s1. The first-order chi connectivity index (χ1) is 13.1. The van der Waals surface area contributed by atoms with Crippen molar-refractivity contribution in [1.82, 2.24) is 4.90 Å². The molecule has 1 saturated heterocycles. The van der Waals surface area contributed by atoms with Gasteiger partial charge in [0.1, 0.15) is 11.4 Å². The third kappa shape index (κ3) is 5.45. The van der Waals surface area contributed by atoms with E-state index in [1.54, 1.807) is 24.1 Å². The largest absolute Gasteiger partial charge is 0.496 e. The van der Waals surface area contributed by atoms with Crippen molar-refractivity contribution < 1.29 is 23.8 Å². The van der Waals surface area contributed by atoms with Gasteiger partial charge in [-0.3, -0.25) is 4.79 Å². The summed E-state index contributed by atoms with van der Waals surface area (Å²) in [5.41, 5.74) is 0.179. The van der Waals surface area contributed by atoms with Crippen molar-refractivity contribution in [2.75, 3.05) is 20.8 Å². The predicted octanol–water partition coefficient (Wildman–Crippen LogP) is 5.05. The normalized spacial score (nSPS) is 19.9. The molecule has 1 fully saturated rings. The molecule has 1 heterocycles. The summed E-state index contributed by atoms with van der Waals surface area (Å²) in [6.07, 6.45) is 0.800. The fourth-order valence-electron chi connectivity index (χ4n) is 3.45. The molecule has 156 valence electrons. The zero-order valence-corrected chi connectivity index (χ0v) is 18.4. The van der Waals surface area contributed by atoms with Crippen molar-refractivity contribution in [3.8, 4) is 5.75 Å². The summed E-state index contributed by atoms with van der Waals surface area (Å²) in [5.74, 6) is 0.236. The number of piperidine rings is 1. The van der Waals surface area contributed by atoms with Gasteiger partial charge >= 0.3 is 12.1 Å². The third-order valence-corrected chi connectivity index (χ3v) is 5.51. The van der Waals surface area contributed by atoms with E-state index in [1.165, 1.54) is 7.11 Å². The highest BCUT2D eigenvalue weighted by molar-refractivity contribution is 6.42. The summed E-state index contributed by atoms with van der Waals surface area (Å²) in [7, 11) is 2.90. The minimum Gasteiger partial charge on any atom is -0.496 e. The molecule has 1 aliphatic rings. The van der Waals surface area contributed by atoms with Crippen LogP contribution in [0, 0.1) is 0 Å². The summed E-state index contributed by atoms with van der Waals surface area (Å²) in [5, 5.41) is 0.880. The molecule has 8 heteroatoms. The lowest BCUT2D eigenvalue weighted by Crippen LogP contribution is -2.48. The molecule has 1 aromatic carbocycles. The van der Waals surface area contributed by atoms with Crippen LogP contribution in [-0.4, -0.2) is 49.4 Å². The van der Waals surface area contributed by atoms with E-state index in [0.29, 0.717) is 35.2 Å². The Kier molecular flexibility index (Phi) is 7.46. The summed E-state index contributed by atoms with van der Waals surface area (Å²) in [6, 6.07) is 3.09. The van der Waals surface area contributed by atoms with Gasteiger partial charge in [0.15, 0.2) is 0 Å². The van der Waals surface area contributed by atoms with Crippen LogP contribution in [0.1, 0.15) is 51.5 Å². The number of hydrogen-bond acceptors (Lipinski definition) is 5. The van der Waals surface area contributed by atoms with Gasteiger partial charge in [-0.1, -0.05) is 23.2 Å². The van der Waals surface area contributed by atoms with Crippen LogP contribution in [0.3, 0.4) is 0 Å². The lowest BCUT2D eigenvalue weighted by atomic mass is 9.83. The van der Waals surface area contributed by atoms with E-state index in [-0.39, 0.29) is 24.3 Å². The van der Waals surface area contributed by atoms with Crippen molar-refractivity contribution in [3.63, 3.8) is 0 Å². The zero-order valence-electron chi connectivity index (χ0n) is 16.9. The molecule has 2 rings (SSSR count). The van der Waals surface area contributed by atoms with Crippen molar-refractivity contribution in [2.45, 2.75) is 57.6 Å². The molecule has 0 N–H and O–H groups in total. The number of halogens is 2. The molecule has 0 bridgehead atoms. The van der Waals surface area contributed by atoms with Crippen LogP contribution in [0.5, 0.6) is 5.75 Å². The van der Waals surface area contributed by atoms with E-state index >= 15 is 0 Å². The molecule has 0 aliphatic carbocycles. The SMILES string of the molecule is COC(=O)C[C@H]1C[C@@H](c2c(OC)ccc(Cl)c2Cl)CCN1C(=O)OC(C)(C)C. The van der Waals surface area contributed by atoms with E-state index in [0.717, 1.165) is 5.56 Å². The first-order valence-electron chi connectivity index (χ1n) is 9.15. The number of ether oxygens (including phenoxy) is 3. The van der Waals surface area contributed by atoms with Gasteiger partial charge in [-0.15, -0.1) is 0 Å². The van der Waals surface area contributed by atoms with E-state index in [2.05, 4.69) is 0 Å². The Morgan fingerprint density at radius 1 is 1.21 bits per heavy atom. The van der Waals surface area contributed by atoms with E-state index in [9.17, 15) is 9.59 Å². The Labute approximate surface area is 176 Å². The topological polar surface area (TPSA) is 65.1 Å². The number of carbonyl (C=O) groups excluding carboxylic acids is 2. The summed E-state index contributed by atoms with van der Waals surface area (Å²) >= 11 is 12.7. The first-order valence-corrected chi connectivity index (χ1v) is 9.91. The summed E-state index contributed by atoms with van der Waals surface area (Å²) in [4.78, 5) is 26.2. The molecule has 0 saturated carbocycles. The Balaban J connectivity index is 2.31. The van der Waals surface area contributed by atoms with E-state index in [1.807, 2.05) is 20.8 Å². The van der Waals surface area contributed by atoms with Gasteiger partial charge in [0.25, 0.3) is 0 Å². The van der Waals surface area contributed by atoms with Crippen molar-refractivity contribution >= 4 is 35.3 Å². The Bertz CT molecular complexity index is 732. The first kappa shape index (κ1) is 22.6. The second-order valence-electron chi connectivity index (χ2n) is 7.81. The molecule has 0 spiro atoms. The summed E-state index contributed by atoms with van der Waals surface area (Å²) in [6.45, 7) is 5.85. The molecule has 1 aliphatic heterocycles. The maximum absolute atomic E-state index is 12.7. The maximum atomic E-state index is 12.7. The van der Waals surface area contributed by atoms with Crippen LogP contribution >= 0.6 is 23.2 Å². The number of rotatable bonds is 4. The molecule has 2 atom stereocenters. The molecule has 1 aromatic rings. The third-order valence-electron chi connectivity index (χ3n) is 4.69. The Morgan fingerprint density at radius 2 is 1.89 bits per heavy atom. The average Bonchev–Trinajstić information content (AvgIpc) is 2.62. The zero-order chi connectivity index (χ0) is 21.1. The fourth-order valence-corrected chi connectivity index (χ4v) is 3.93. The number of amides is 1. The van der Waals surface area contributed by atoms with Crippen LogP contribution in [0.15, 0.2) is 12.1 Å². The highest BCUT2D eigenvalue weighted by Gasteiger charge is 2.37. The lowest BCUT2D eigenvalue weighted by molar-refractivity contribution is -0.142. The molecule has 0 radical (unpaired) electrons. The lowest BCUT2D eigenvalue weighted by Gasteiger charge is -2.40. The van der Waals surface area contributed by atoms with Gasteiger partial charge < -0.3 is 19.1 Å². The molecular formula is C20H27Cl2NO5. The van der Waals surface area contributed by atoms with Crippen molar-refractivity contribution in [2.24, 2.45) is 0 Å². The number of likely N-dealkylation sites (tertiary alicyclic amines) is 1. The van der Waals surface area contributed by atoms with Crippen LogP contribution in [0.4, 0.5) is 4.79 Å². The quantitative estimate of drug-likeness (QED) is 0.624. The number of methoxy groups -OCH3 is 2. The maximum Gasteiger partial charge on any atom is 0.410 e. The summed E-state index contributed by atoms with van der Waals surface area (Å²) < 4.78 is 15.8. The number of carbonyl (C=O) groups is 2. The fraction of sp³-hybridized carbons (Fsp3) is 0.600. The van der Waals surface area contributed by atoms with Crippen molar-refractivity contribution in [3.05, 3.63) is 27.7 Å². The minimum absolute atomic E-state index is 0.0190. The highest BCUT2D eigenvalue weighted by Crippen LogP contribution is 2.44. The van der Waals surface area contributed by atoms with Crippen LogP contribution in [-0.2, 0) is 14.3 Å². The predicted molar refractivity (Wildman–Crippen MR) is 108 cm³/mol. The number of esters is 1. The molecule has 28 heavy (non-hydrogen) atoms. The van der Waals surface area contributed by atoms with Gasteiger partial charge in [-0.25, -0.2) is 4.79 Å². The number of hydrogen-bond donors (Lipinski definition) is 0. The number of nitrogens with zero attached hydrogens (tertiary/aromatic N) is 1. The second kappa shape index (κ2) is 9.23. The van der Waals surface area contributed by atoms with E-state index in [4.69, 9.17) is 37.4 Å².